The zero-order chi connectivity index (χ0) is 10.8. The molecule has 1 aliphatic carbocycles. The molecule has 0 aromatic rings. The van der Waals surface area contributed by atoms with Crippen molar-refractivity contribution in [1.82, 2.24) is 4.90 Å². The van der Waals surface area contributed by atoms with Crippen LogP contribution in [0.2, 0.25) is 0 Å². The third-order valence-corrected chi connectivity index (χ3v) is 3.87. The lowest BCUT2D eigenvalue weighted by Gasteiger charge is -2.24. The zero-order valence-electron chi connectivity index (χ0n) is 8.59. The Morgan fingerprint density at radius 2 is 2.33 bits per heavy atom. The first kappa shape index (κ1) is 11.1. The number of allylic oxidation sites excluding steroid dienone is 2. The van der Waals surface area contributed by atoms with Gasteiger partial charge in [0.25, 0.3) is 0 Å². The van der Waals surface area contributed by atoms with E-state index in [1.165, 1.54) is 4.48 Å². The number of alkyl halides is 1. The number of nitrogens with zero attached hydrogens (tertiary/aromatic N) is 1. The van der Waals surface area contributed by atoms with E-state index in [1.54, 1.807) is 4.90 Å². The third-order valence-electron chi connectivity index (χ3n) is 3.15. The fourth-order valence-electron chi connectivity index (χ4n) is 2.20. The van der Waals surface area contributed by atoms with Crippen LogP contribution in [-0.4, -0.2) is 30.1 Å². The minimum absolute atomic E-state index is 0.0802. The molecular weight excluding hydrogens is 261 g/mol. The average Bonchev–Trinajstić information content (AvgIpc) is 2.65. The molecule has 2 rings (SSSR count). The van der Waals surface area contributed by atoms with E-state index >= 15 is 0 Å². The lowest BCUT2D eigenvalue weighted by Crippen LogP contribution is -2.35. The summed E-state index contributed by atoms with van der Waals surface area (Å²) in [5.41, 5.74) is 0. The van der Waals surface area contributed by atoms with Crippen LogP contribution in [0.3, 0.4) is 0 Å². The summed E-state index contributed by atoms with van der Waals surface area (Å²) in [6.07, 6.45) is 4.40. The van der Waals surface area contributed by atoms with Gasteiger partial charge >= 0.3 is 0 Å². The van der Waals surface area contributed by atoms with Gasteiger partial charge < -0.3 is 4.90 Å². The van der Waals surface area contributed by atoms with E-state index in [0.29, 0.717) is 19.5 Å². The molecule has 2 atom stereocenters. The van der Waals surface area contributed by atoms with Gasteiger partial charge in [-0.05, 0) is 30.2 Å². The zero-order valence-corrected chi connectivity index (χ0v) is 10.2. The molecule has 84 valence electrons. The van der Waals surface area contributed by atoms with Gasteiger partial charge in [-0.3, -0.25) is 4.79 Å². The number of amides is 1. The fourth-order valence-corrected chi connectivity index (χ4v) is 2.62. The molecule has 1 heterocycles. The molecule has 4 heteroatoms. The Bertz CT molecular complexity index is 292. The summed E-state index contributed by atoms with van der Waals surface area (Å²) in [4.78, 5) is 13.7. The van der Waals surface area contributed by atoms with Gasteiger partial charge in [0.15, 0.2) is 0 Å². The Morgan fingerprint density at radius 3 is 2.87 bits per heavy atom. The van der Waals surface area contributed by atoms with Crippen molar-refractivity contribution < 1.29 is 9.18 Å². The SMILES string of the molecule is O=C(C1CC=C(Br)CC1)N1CC[C@H](F)C1. The second-order valence-corrected chi connectivity index (χ2v) is 5.31. The van der Waals surface area contributed by atoms with Crippen LogP contribution in [0.25, 0.3) is 0 Å². The molecule has 0 aromatic heterocycles. The molecule has 1 saturated heterocycles. The third kappa shape index (κ3) is 2.60. The van der Waals surface area contributed by atoms with Gasteiger partial charge in [0, 0.05) is 12.5 Å². The normalized spacial score (nSPS) is 31.6. The van der Waals surface area contributed by atoms with Gasteiger partial charge in [0.1, 0.15) is 6.17 Å². The Kier molecular flexibility index (Phi) is 3.44. The number of carbonyl (C=O) groups excluding carboxylic acids is 1. The maximum absolute atomic E-state index is 12.9. The van der Waals surface area contributed by atoms with Crippen molar-refractivity contribution in [2.45, 2.75) is 31.9 Å². The average molecular weight is 276 g/mol. The fraction of sp³-hybridized carbons (Fsp3) is 0.727. The molecule has 1 aliphatic heterocycles. The standard InChI is InChI=1S/C11H15BrFNO/c12-9-3-1-8(2-4-9)11(15)14-6-5-10(13)7-14/h3,8,10H,1-2,4-7H2/t8?,10-/m0/s1. The first-order chi connectivity index (χ1) is 7.16. The molecule has 2 aliphatic rings. The van der Waals surface area contributed by atoms with Crippen LogP contribution in [0, 0.1) is 5.92 Å². The number of likely N-dealkylation sites (tertiary alicyclic amines) is 1. The van der Waals surface area contributed by atoms with Crippen molar-refractivity contribution in [3.8, 4) is 0 Å². The van der Waals surface area contributed by atoms with Gasteiger partial charge in [-0.2, -0.15) is 0 Å². The predicted molar refractivity (Wildman–Crippen MR) is 60.4 cm³/mol. The molecule has 15 heavy (non-hydrogen) atoms. The molecule has 0 bridgehead atoms. The van der Waals surface area contributed by atoms with Gasteiger partial charge in [-0.15, -0.1) is 0 Å². The minimum Gasteiger partial charge on any atom is -0.339 e. The number of rotatable bonds is 1. The van der Waals surface area contributed by atoms with Crippen molar-refractivity contribution in [3.05, 3.63) is 10.6 Å². The van der Waals surface area contributed by atoms with E-state index < -0.39 is 6.17 Å². The first-order valence-electron chi connectivity index (χ1n) is 5.44. The number of halogens is 2. The second-order valence-electron chi connectivity index (χ2n) is 4.29. The highest BCUT2D eigenvalue weighted by molar-refractivity contribution is 9.11. The molecule has 0 saturated carbocycles. The molecule has 2 nitrogen and oxygen atoms in total. The number of hydrogen-bond acceptors (Lipinski definition) is 1. The van der Waals surface area contributed by atoms with E-state index in [0.717, 1.165) is 19.3 Å². The highest BCUT2D eigenvalue weighted by atomic mass is 79.9. The van der Waals surface area contributed by atoms with E-state index in [2.05, 4.69) is 22.0 Å². The molecule has 1 unspecified atom stereocenters. The Hall–Kier alpha value is -0.380. The number of carbonyl (C=O) groups is 1. The van der Waals surface area contributed by atoms with Gasteiger partial charge in [0.05, 0.1) is 6.54 Å². The van der Waals surface area contributed by atoms with E-state index in [-0.39, 0.29) is 11.8 Å². The Morgan fingerprint density at radius 1 is 1.53 bits per heavy atom. The number of hydrogen-bond donors (Lipinski definition) is 0. The first-order valence-corrected chi connectivity index (χ1v) is 6.23. The monoisotopic (exact) mass is 275 g/mol. The highest BCUT2D eigenvalue weighted by Crippen LogP contribution is 2.29. The van der Waals surface area contributed by atoms with Crippen molar-refractivity contribution >= 4 is 21.8 Å². The Labute approximate surface area is 97.6 Å². The largest absolute Gasteiger partial charge is 0.339 e. The summed E-state index contributed by atoms with van der Waals surface area (Å²) < 4.78 is 14.1. The van der Waals surface area contributed by atoms with Crippen LogP contribution in [0.5, 0.6) is 0 Å². The van der Waals surface area contributed by atoms with Gasteiger partial charge in [-0.1, -0.05) is 22.0 Å². The van der Waals surface area contributed by atoms with Crippen LogP contribution in [0.15, 0.2) is 10.6 Å². The molecule has 0 radical (unpaired) electrons. The topological polar surface area (TPSA) is 20.3 Å². The maximum Gasteiger partial charge on any atom is 0.226 e. The van der Waals surface area contributed by atoms with Crippen molar-refractivity contribution in [2.75, 3.05) is 13.1 Å². The molecule has 0 aromatic carbocycles. The lowest BCUT2D eigenvalue weighted by molar-refractivity contribution is -0.134. The van der Waals surface area contributed by atoms with E-state index in [1.807, 2.05) is 0 Å². The summed E-state index contributed by atoms with van der Waals surface area (Å²) in [6, 6.07) is 0. The quantitative estimate of drug-likeness (QED) is 0.721. The minimum atomic E-state index is -0.806. The van der Waals surface area contributed by atoms with Crippen LogP contribution in [0.4, 0.5) is 4.39 Å². The van der Waals surface area contributed by atoms with Crippen LogP contribution >= 0.6 is 15.9 Å². The van der Waals surface area contributed by atoms with E-state index in [4.69, 9.17) is 0 Å². The summed E-state index contributed by atoms with van der Waals surface area (Å²) in [5, 5.41) is 0. The summed E-state index contributed by atoms with van der Waals surface area (Å²) in [7, 11) is 0. The van der Waals surface area contributed by atoms with Gasteiger partial charge in [-0.25, -0.2) is 4.39 Å². The maximum atomic E-state index is 12.9. The molecule has 1 amide bonds. The summed E-state index contributed by atoms with van der Waals surface area (Å²) >= 11 is 3.43. The van der Waals surface area contributed by atoms with Crippen LogP contribution < -0.4 is 0 Å². The second kappa shape index (κ2) is 4.64. The van der Waals surface area contributed by atoms with Crippen molar-refractivity contribution in [1.29, 1.82) is 0 Å². The van der Waals surface area contributed by atoms with Gasteiger partial charge in [0.2, 0.25) is 5.91 Å². The molecular formula is C11H15BrFNO. The summed E-state index contributed by atoms with van der Waals surface area (Å²) in [6.45, 7) is 0.904. The lowest BCUT2D eigenvalue weighted by atomic mass is 9.93. The van der Waals surface area contributed by atoms with Crippen molar-refractivity contribution in [2.24, 2.45) is 5.92 Å². The molecule has 0 spiro atoms. The Balaban J connectivity index is 1.91. The van der Waals surface area contributed by atoms with E-state index in [9.17, 15) is 9.18 Å². The predicted octanol–water partition coefficient (Wildman–Crippen LogP) is 2.64. The van der Waals surface area contributed by atoms with Crippen LogP contribution in [0.1, 0.15) is 25.7 Å². The smallest absolute Gasteiger partial charge is 0.226 e. The van der Waals surface area contributed by atoms with Crippen molar-refractivity contribution in [3.63, 3.8) is 0 Å². The highest BCUT2D eigenvalue weighted by Gasteiger charge is 2.31. The molecule has 0 N–H and O–H groups in total. The van der Waals surface area contributed by atoms with Crippen LogP contribution in [-0.2, 0) is 4.79 Å². The summed E-state index contributed by atoms with van der Waals surface area (Å²) in [5.74, 6) is 0.225. The molecule has 1 fully saturated rings.